The number of nitrogens with zero attached hydrogens (tertiary/aromatic N) is 1. The molecule has 0 aliphatic rings. The molecule has 0 aromatic rings. The Hall–Kier alpha value is -0.380. The van der Waals surface area contributed by atoms with Gasteiger partial charge >= 0.3 is 0 Å². The first kappa shape index (κ1) is 10.6. The van der Waals surface area contributed by atoms with Crippen molar-refractivity contribution in [2.45, 2.75) is 10.8 Å². The molecule has 1 unspecified atom stereocenters. The fourth-order valence-electron chi connectivity index (χ4n) is 0.508. The van der Waals surface area contributed by atoms with Gasteiger partial charge in [0.25, 0.3) is 0 Å². The van der Waals surface area contributed by atoms with E-state index in [0.717, 1.165) is 5.57 Å². The van der Waals surface area contributed by atoms with E-state index in [1.807, 2.05) is 6.08 Å². The molecule has 0 aliphatic heterocycles. The highest BCUT2D eigenvalue weighted by Crippen LogP contribution is 2.12. The van der Waals surface area contributed by atoms with Gasteiger partial charge in [0.2, 0.25) is 0 Å². The molecule has 11 heavy (non-hydrogen) atoms. The summed E-state index contributed by atoms with van der Waals surface area (Å²) in [6, 6.07) is 0. The summed E-state index contributed by atoms with van der Waals surface area (Å²) in [6.07, 6.45) is 6.92. The molecular weight excluding hydrogens is 249 g/mol. The number of halogens is 1. The van der Waals surface area contributed by atoms with Crippen LogP contribution in [0.4, 0.5) is 0 Å². The van der Waals surface area contributed by atoms with E-state index in [9.17, 15) is 0 Å². The molecule has 0 saturated heterocycles. The predicted molar refractivity (Wildman–Crippen MR) is 60.5 cm³/mol. The van der Waals surface area contributed by atoms with Crippen molar-refractivity contribution in [3.05, 3.63) is 37.1 Å². The fraction of sp³-hybridized carbons (Fsp3) is 0.222. The number of allylic oxidation sites excluding steroid dienone is 3. The lowest BCUT2D eigenvalue weighted by Crippen LogP contribution is -1.91. The summed E-state index contributed by atoms with van der Waals surface area (Å²) >= 11 is 2.32. The third-order valence-corrected chi connectivity index (χ3v) is 1.83. The summed E-state index contributed by atoms with van der Waals surface area (Å²) in [5, 5.41) is 0. The minimum Gasteiger partial charge on any atom is -0.264 e. The van der Waals surface area contributed by atoms with Crippen LogP contribution in [0, 0.1) is 0 Å². The monoisotopic (exact) mass is 261 g/mol. The molecule has 0 saturated carbocycles. The second-order valence-electron chi connectivity index (χ2n) is 1.98. The summed E-state index contributed by atoms with van der Waals surface area (Å²) in [5.41, 5.74) is 1.13. The van der Waals surface area contributed by atoms with Gasteiger partial charge < -0.3 is 0 Å². The molecule has 0 amide bonds. The molecule has 0 heterocycles. The van der Waals surface area contributed by atoms with Crippen molar-refractivity contribution < 1.29 is 0 Å². The van der Waals surface area contributed by atoms with E-state index in [0.29, 0.717) is 3.92 Å². The molecule has 0 bridgehead atoms. The highest BCUT2D eigenvalue weighted by molar-refractivity contribution is 14.1. The van der Waals surface area contributed by atoms with E-state index >= 15 is 0 Å². The lowest BCUT2D eigenvalue weighted by molar-refractivity contribution is 1.20. The Balaban J connectivity index is 4.23. The zero-order valence-corrected chi connectivity index (χ0v) is 8.78. The van der Waals surface area contributed by atoms with Gasteiger partial charge in [-0.15, -0.1) is 0 Å². The zero-order valence-electron chi connectivity index (χ0n) is 6.63. The highest BCUT2D eigenvalue weighted by Gasteiger charge is 1.97. The second kappa shape index (κ2) is 6.34. The molecule has 0 fully saturated rings. The van der Waals surface area contributed by atoms with Crippen LogP contribution in [0.5, 0.6) is 0 Å². The van der Waals surface area contributed by atoms with Gasteiger partial charge in [-0.1, -0.05) is 47.9 Å². The van der Waals surface area contributed by atoms with E-state index < -0.39 is 0 Å². The van der Waals surface area contributed by atoms with Crippen molar-refractivity contribution in [1.82, 2.24) is 0 Å². The van der Waals surface area contributed by atoms with Gasteiger partial charge in [0, 0.05) is 16.3 Å². The summed E-state index contributed by atoms with van der Waals surface area (Å²) in [7, 11) is 0. The van der Waals surface area contributed by atoms with E-state index in [1.54, 1.807) is 18.5 Å². The van der Waals surface area contributed by atoms with Crippen molar-refractivity contribution in [3.8, 4) is 0 Å². The fourth-order valence-corrected chi connectivity index (χ4v) is 0.923. The summed E-state index contributed by atoms with van der Waals surface area (Å²) in [4.78, 5) is 4.00. The molecule has 1 nitrogen and oxygen atoms in total. The molecule has 2 heteroatoms. The van der Waals surface area contributed by atoms with Crippen molar-refractivity contribution in [3.63, 3.8) is 0 Å². The Bertz CT molecular complexity index is 190. The van der Waals surface area contributed by atoms with E-state index in [4.69, 9.17) is 0 Å². The van der Waals surface area contributed by atoms with Crippen molar-refractivity contribution >= 4 is 28.8 Å². The smallest absolute Gasteiger partial charge is 0.0346 e. The van der Waals surface area contributed by atoms with Crippen LogP contribution in [-0.2, 0) is 0 Å². The number of alkyl halides is 1. The van der Waals surface area contributed by atoms with Crippen LogP contribution in [0.15, 0.2) is 42.1 Å². The molecule has 0 aromatic heterocycles. The molecule has 0 radical (unpaired) electrons. The van der Waals surface area contributed by atoms with Crippen molar-refractivity contribution in [2.24, 2.45) is 4.99 Å². The standard InChI is InChI=1S/C9H12IN/c1-4-6-11-7-9(5-2)8(3)10/h4-8H,1-2H2,3H3/b9-7+,11-6-. The molecule has 0 rings (SSSR count). The quantitative estimate of drug-likeness (QED) is 0.319. The van der Waals surface area contributed by atoms with Crippen molar-refractivity contribution in [2.75, 3.05) is 0 Å². The zero-order chi connectivity index (χ0) is 8.69. The molecule has 0 spiro atoms. The SMILES string of the molecule is C=C/C=N\C=C(/C=C)C(C)I. The van der Waals surface area contributed by atoms with Crippen LogP contribution in [0.1, 0.15) is 6.92 Å². The Labute approximate surface area is 81.7 Å². The van der Waals surface area contributed by atoms with Gasteiger partial charge in [0.05, 0.1) is 0 Å². The van der Waals surface area contributed by atoms with Crippen LogP contribution in [0.3, 0.4) is 0 Å². The van der Waals surface area contributed by atoms with Gasteiger partial charge in [0.15, 0.2) is 0 Å². The number of hydrogen-bond acceptors (Lipinski definition) is 1. The first-order valence-electron chi connectivity index (χ1n) is 3.33. The van der Waals surface area contributed by atoms with E-state index in [2.05, 4.69) is 47.7 Å². The Morgan fingerprint density at radius 1 is 1.55 bits per heavy atom. The van der Waals surface area contributed by atoms with Crippen LogP contribution in [0.25, 0.3) is 0 Å². The molecule has 0 aromatic carbocycles. The maximum Gasteiger partial charge on any atom is 0.0346 e. The third kappa shape index (κ3) is 4.95. The number of rotatable bonds is 4. The first-order chi connectivity index (χ1) is 5.22. The number of aliphatic imine (C=N–C) groups is 1. The lowest BCUT2D eigenvalue weighted by Gasteiger charge is -2.00. The topological polar surface area (TPSA) is 12.4 Å². The number of hydrogen-bond donors (Lipinski definition) is 0. The van der Waals surface area contributed by atoms with E-state index in [-0.39, 0.29) is 0 Å². The molecule has 0 N–H and O–H groups in total. The van der Waals surface area contributed by atoms with Crippen LogP contribution in [-0.4, -0.2) is 10.1 Å². The lowest BCUT2D eigenvalue weighted by atomic mass is 10.2. The van der Waals surface area contributed by atoms with Gasteiger partial charge in [-0.05, 0) is 12.5 Å². The molecule has 60 valence electrons. The average molecular weight is 261 g/mol. The average Bonchev–Trinajstić information content (AvgIpc) is 1.97. The van der Waals surface area contributed by atoms with Crippen LogP contribution >= 0.6 is 22.6 Å². The molecular formula is C9H12IN. The summed E-state index contributed by atoms with van der Waals surface area (Å²) < 4.78 is 0.451. The molecule has 1 atom stereocenters. The minimum atomic E-state index is 0.451. The normalized spacial score (nSPS) is 14.9. The summed E-state index contributed by atoms with van der Waals surface area (Å²) in [6.45, 7) is 9.30. The second-order valence-corrected chi connectivity index (χ2v) is 3.85. The van der Waals surface area contributed by atoms with Gasteiger partial charge in [-0.3, -0.25) is 4.99 Å². The predicted octanol–water partition coefficient (Wildman–Crippen LogP) is 3.14. The van der Waals surface area contributed by atoms with Gasteiger partial charge in [0.1, 0.15) is 0 Å². The molecule has 0 aliphatic carbocycles. The Morgan fingerprint density at radius 3 is 2.55 bits per heavy atom. The Kier molecular flexibility index (Phi) is 6.12. The van der Waals surface area contributed by atoms with Crippen molar-refractivity contribution in [1.29, 1.82) is 0 Å². The van der Waals surface area contributed by atoms with Gasteiger partial charge in [-0.2, -0.15) is 0 Å². The Morgan fingerprint density at radius 2 is 2.18 bits per heavy atom. The van der Waals surface area contributed by atoms with Gasteiger partial charge in [-0.25, -0.2) is 0 Å². The van der Waals surface area contributed by atoms with E-state index in [1.165, 1.54) is 0 Å². The van der Waals surface area contributed by atoms with Crippen LogP contribution < -0.4 is 0 Å². The highest BCUT2D eigenvalue weighted by atomic mass is 127. The maximum atomic E-state index is 4.00. The minimum absolute atomic E-state index is 0.451. The largest absolute Gasteiger partial charge is 0.264 e. The first-order valence-corrected chi connectivity index (χ1v) is 4.57. The maximum absolute atomic E-state index is 4.00. The van der Waals surface area contributed by atoms with Crippen LogP contribution in [0.2, 0.25) is 0 Å². The summed E-state index contributed by atoms with van der Waals surface area (Å²) in [5.74, 6) is 0. The third-order valence-electron chi connectivity index (χ3n) is 1.11.